The average Bonchev–Trinajstić information content (AvgIpc) is 2.97. The van der Waals surface area contributed by atoms with Crippen LogP contribution in [0.25, 0.3) is 21.9 Å². The van der Waals surface area contributed by atoms with E-state index in [-0.39, 0.29) is 6.42 Å². The van der Waals surface area contributed by atoms with Crippen molar-refractivity contribution < 1.29 is 9.90 Å². The number of nitrogens with zero attached hydrogens (tertiary/aromatic N) is 1. The second kappa shape index (κ2) is 7.34. The predicted molar refractivity (Wildman–Crippen MR) is 101 cm³/mol. The molecule has 1 N–H and O–H groups in total. The third-order valence-electron chi connectivity index (χ3n) is 3.47. The van der Waals surface area contributed by atoms with Crippen molar-refractivity contribution in [3.8, 4) is 0 Å². The molecule has 0 aliphatic heterocycles. The van der Waals surface area contributed by atoms with Gasteiger partial charge in [0, 0.05) is 16.5 Å². The molecule has 0 atom stereocenters. The first kappa shape index (κ1) is 17.0. The molecule has 0 radical (unpaired) electrons. The maximum Gasteiger partial charge on any atom is 0.303 e. The fourth-order valence-electron chi connectivity index (χ4n) is 2.30. The molecule has 0 saturated heterocycles. The second-order valence-corrected chi connectivity index (χ2v) is 7.09. The van der Waals surface area contributed by atoms with Gasteiger partial charge in [0.25, 0.3) is 0 Å². The Balaban J connectivity index is 2.04. The number of rotatable bonds is 5. The minimum atomic E-state index is -0.843. The Morgan fingerprint density at radius 3 is 2.67 bits per heavy atom. The van der Waals surface area contributed by atoms with Crippen LogP contribution in [0.5, 0.6) is 0 Å². The highest BCUT2D eigenvalue weighted by atomic mass is 35.5. The summed E-state index contributed by atoms with van der Waals surface area (Å²) in [4.78, 5) is 15.6. The number of carbonyl (C=O) groups is 1. The number of carboxylic acids is 1. The Bertz CT molecular complexity index is 901. The molecule has 2 aromatic carbocycles. The summed E-state index contributed by atoms with van der Waals surface area (Å²) in [6.45, 7) is 0. The van der Waals surface area contributed by atoms with Crippen LogP contribution < -0.4 is 0 Å². The third kappa shape index (κ3) is 3.96. The van der Waals surface area contributed by atoms with Gasteiger partial charge in [-0.05, 0) is 47.9 Å². The van der Waals surface area contributed by atoms with Crippen LogP contribution in [-0.4, -0.2) is 16.1 Å². The van der Waals surface area contributed by atoms with Crippen LogP contribution in [0.15, 0.2) is 42.5 Å². The third-order valence-corrected chi connectivity index (χ3v) is 5.14. The van der Waals surface area contributed by atoms with Gasteiger partial charge in [-0.2, -0.15) is 0 Å². The van der Waals surface area contributed by atoms with Gasteiger partial charge in [-0.15, -0.1) is 11.3 Å². The summed E-state index contributed by atoms with van der Waals surface area (Å²) in [6.07, 6.45) is 2.31. The Kier molecular flexibility index (Phi) is 5.19. The van der Waals surface area contributed by atoms with Crippen LogP contribution in [0.2, 0.25) is 10.0 Å². The number of allylic oxidation sites excluding steroid dienone is 1. The van der Waals surface area contributed by atoms with E-state index in [1.165, 1.54) is 0 Å². The van der Waals surface area contributed by atoms with Crippen molar-refractivity contribution in [1.82, 2.24) is 4.98 Å². The second-order valence-electron chi connectivity index (χ2n) is 5.22. The number of aromatic nitrogens is 1. The van der Waals surface area contributed by atoms with E-state index < -0.39 is 5.97 Å². The van der Waals surface area contributed by atoms with E-state index in [9.17, 15) is 4.79 Å². The van der Waals surface area contributed by atoms with Gasteiger partial charge in [-0.3, -0.25) is 4.79 Å². The van der Waals surface area contributed by atoms with E-state index in [2.05, 4.69) is 4.98 Å². The minimum absolute atomic E-state index is 0.0347. The molecule has 3 nitrogen and oxygen atoms in total. The van der Waals surface area contributed by atoms with Gasteiger partial charge < -0.3 is 5.11 Å². The molecule has 24 heavy (non-hydrogen) atoms. The van der Waals surface area contributed by atoms with Crippen LogP contribution in [0.4, 0.5) is 0 Å². The zero-order chi connectivity index (χ0) is 17.1. The van der Waals surface area contributed by atoms with Crippen LogP contribution in [-0.2, 0) is 4.79 Å². The lowest BCUT2D eigenvalue weighted by atomic mass is 10.1. The van der Waals surface area contributed by atoms with Crippen molar-refractivity contribution in [2.24, 2.45) is 0 Å². The van der Waals surface area contributed by atoms with Gasteiger partial charge in [0.05, 0.1) is 10.2 Å². The molecule has 0 fully saturated rings. The van der Waals surface area contributed by atoms with E-state index in [0.29, 0.717) is 16.5 Å². The molecule has 0 amide bonds. The molecule has 3 aromatic rings. The highest BCUT2D eigenvalue weighted by Gasteiger charge is 2.12. The highest BCUT2D eigenvalue weighted by Crippen LogP contribution is 2.32. The largest absolute Gasteiger partial charge is 0.481 e. The fourth-order valence-corrected chi connectivity index (χ4v) is 3.77. The van der Waals surface area contributed by atoms with Crippen LogP contribution >= 0.6 is 34.5 Å². The smallest absolute Gasteiger partial charge is 0.303 e. The zero-order valence-corrected chi connectivity index (χ0v) is 14.8. The molecule has 0 unspecified atom stereocenters. The molecular weight excluding hydrogens is 365 g/mol. The SMILES string of the molecule is O=C(O)CCC(=Cc1ccc(Cl)cc1Cl)c1nc2ccccc2s1. The minimum Gasteiger partial charge on any atom is -0.481 e. The maximum absolute atomic E-state index is 11.0. The topological polar surface area (TPSA) is 50.2 Å². The fraction of sp³-hybridized carbons (Fsp3) is 0.111. The zero-order valence-electron chi connectivity index (χ0n) is 12.5. The lowest BCUT2D eigenvalue weighted by Crippen LogP contribution is -1.95. The van der Waals surface area contributed by atoms with Crippen molar-refractivity contribution in [3.63, 3.8) is 0 Å². The van der Waals surface area contributed by atoms with Gasteiger partial charge in [-0.25, -0.2) is 4.98 Å². The summed E-state index contributed by atoms with van der Waals surface area (Å²) >= 11 is 13.7. The van der Waals surface area contributed by atoms with E-state index in [1.807, 2.05) is 36.4 Å². The number of carboxylic acid groups (broad SMARTS) is 1. The van der Waals surface area contributed by atoms with E-state index in [4.69, 9.17) is 28.3 Å². The van der Waals surface area contributed by atoms with Gasteiger partial charge in [0.2, 0.25) is 0 Å². The van der Waals surface area contributed by atoms with E-state index in [0.717, 1.165) is 26.4 Å². The normalized spacial score (nSPS) is 11.8. The molecule has 0 aliphatic rings. The summed E-state index contributed by atoms with van der Waals surface area (Å²) in [5, 5.41) is 10.9. The lowest BCUT2D eigenvalue weighted by molar-refractivity contribution is -0.136. The standard InChI is InChI=1S/C18H13Cl2NO2S/c19-13-7-5-11(14(20)10-13)9-12(6-8-17(22)23)18-21-15-3-1-2-4-16(15)24-18/h1-5,7,9-10H,6,8H2,(H,22,23). The number of benzene rings is 2. The van der Waals surface area contributed by atoms with Crippen LogP contribution in [0.3, 0.4) is 0 Å². The average molecular weight is 378 g/mol. The summed E-state index contributed by atoms with van der Waals surface area (Å²) in [6, 6.07) is 13.1. The molecular formula is C18H13Cl2NO2S. The predicted octanol–water partition coefficient (Wildman–Crippen LogP) is 6.01. The molecule has 6 heteroatoms. The summed E-state index contributed by atoms with van der Waals surface area (Å²) in [5.74, 6) is -0.843. The molecule has 0 bridgehead atoms. The first-order valence-electron chi connectivity index (χ1n) is 7.26. The van der Waals surface area contributed by atoms with Crippen molar-refractivity contribution in [2.75, 3.05) is 0 Å². The van der Waals surface area contributed by atoms with Gasteiger partial charge >= 0.3 is 5.97 Å². The molecule has 3 rings (SSSR count). The molecule has 0 saturated carbocycles. The van der Waals surface area contributed by atoms with Gasteiger partial charge in [-0.1, -0.05) is 41.4 Å². The maximum atomic E-state index is 11.0. The lowest BCUT2D eigenvalue weighted by Gasteiger charge is -2.05. The van der Waals surface area contributed by atoms with Crippen molar-refractivity contribution in [1.29, 1.82) is 0 Å². The Morgan fingerprint density at radius 2 is 1.96 bits per heavy atom. The number of thiazole rings is 1. The quantitative estimate of drug-likeness (QED) is 0.592. The summed E-state index contributed by atoms with van der Waals surface area (Å²) in [7, 11) is 0. The molecule has 1 aromatic heterocycles. The first-order valence-corrected chi connectivity index (χ1v) is 8.83. The summed E-state index contributed by atoms with van der Waals surface area (Å²) < 4.78 is 1.07. The molecule has 0 aliphatic carbocycles. The number of fused-ring (bicyclic) bond motifs is 1. The molecule has 122 valence electrons. The first-order chi connectivity index (χ1) is 11.5. The number of aliphatic carboxylic acids is 1. The summed E-state index contributed by atoms with van der Waals surface area (Å²) in [5.41, 5.74) is 2.55. The molecule has 0 spiro atoms. The van der Waals surface area contributed by atoms with Crippen LogP contribution in [0, 0.1) is 0 Å². The Labute approximate surface area is 153 Å². The Hall–Kier alpha value is -1.88. The number of hydrogen-bond donors (Lipinski definition) is 1. The van der Waals surface area contributed by atoms with E-state index in [1.54, 1.807) is 23.5 Å². The van der Waals surface area contributed by atoms with E-state index >= 15 is 0 Å². The van der Waals surface area contributed by atoms with Crippen molar-refractivity contribution >= 4 is 62.4 Å². The number of hydrogen-bond acceptors (Lipinski definition) is 3. The highest BCUT2D eigenvalue weighted by molar-refractivity contribution is 7.19. The molecule has 1 heterocycles. The van der Waals surface area contributed by atoms with Crippen molar-refractivity contribution in [3.05, 3.63) is 63.1 Å². The Morgan fingerprint density at radius 1 is 1.17 bits per heavy atom. The van der Waals surface area contributed by atoms with Gasteiger partial charge in [0.1, 0.15) is 5.01 Å². The van der Waals surface area contributed by atoms with Crippen LogP contribution in [0.1, 0.15) is 23.4 Å². The van der Waals surface area contributed by atoms with Crippen molar-refractivity contribution in [2.45, 2.75) is 12.8 Å². The number of para-hydroxylation sites is 1. The van der Waals surface area contributed by atoms with Gasteiger partial charge in [0.15, 0.2) is 0 Å². The monoisotopic (exact) mass is 377 g/mol. The number of halogens is 2.